The van der Waals surface area contributed by atoms with Crippen LogP contribution in [-0.2, 0) is 21.2 Å². The first-order chi connectivity index (χ1) is 10.4. The maximum absolute atomic E-state index is 12.6. The van der Waals surface area contributed by atoms with E-state index in [4.69, 9.17) is 10.2 Å². The van der Waals surface area contributed by atoms with Crippen molar-refractivity contribution in [3.63, 3.8) is 0 Å². The SMILES string of the molecule is CCc1oc(C(=O)OC)cc1S(=O)(=O)NC1CCCC1CN.Cl. The third-order valence-corrected chi connectivity index (χ3v) is 5.57. The fraction of sp³-hybridized carbons (Fsp3) is 0.643. The maximum Gasteiger partial charge on any atom is 0.373 e. The molecule has 1 saturated carbocycles. The minimum Gasteiger partial charge on any atom is -0.463 e. The lowest BCUT2D eigenvalue weighted by molar-refractivity contribution is 0.0563. The summed E-state index contributed by atoms with van der Waals surface area (Å²) in [6, 6.07) is 1.05. The van der Waals surface area contributed by atoms with Crippen LogP contribution in [0.3, 0.4) is 0 Å². The van der Waals surface area contributed by atoms with Crippen LogP contribution in [0.1, 0.15) is 42.5 Å². The van der Waals surface area contributed by atoms with Gasteiger partial charge in [0.2, 0.25) is 15.8 Å². The molecule has 0 aromatic carbocycles. The van der Waals surface area contributed by atoms with Crippen molar-refractivity contribution in [1.29, 1.82) is 0 Å². The van der Waals surface area contributed by atoms with E-state index in [1.54, 1.807) is 6.92 Å². The fourth-order valence-corrected chi connectivity index (χ4v) is 4.41. The molecule has 0 radical (unpaired) electrons. The largest absolute Gasteiger partial charge is 0.463 e. The van der Waals surface area contributed by atoms with Gasteiger partial charge in [0.05, 0.1) is 7.11 Å². The number of carbonyl (C=O) groups excluding carboxylic acids is 1. The highest BCUT2D eigenvalue weighted by Crippen LogP contribution is 2.28. The number of hydrogen-bond acceptors (Lipinski definition) is 6. The lowest BCUT2D eigenvalue weighted by Crippen LogP contribution is -2.39. The molecule has 2 atom stereocenters. The van der Waals surface area contributed by atoms with Gasteiger partial charge >= 0.3 is 5.97 Å². The number of furan rings is 1. The maximum atomic E-state index is 12.6. The third-order valence-electron chi connectivity index (χ3n) is 4.04. The minimum absolute atomic E-state index is 0. The van der Waals surface area contributed by atoms with Gasteiger partial charge in [-0.1, -0.05) is 13.3 Å². The van der Waals surface area contributed by atoms with Crippen LogP contribution in [0.5, 0.6) is 0 Å². The molecular formula is C14H23ClN2O5S. The summed E-state index contributed by atoms with van der Waals surface area (Å²) >= 11 is 0. The summed E-state index contributed by atoms with van der Waals surface area (Å²) in [5, 5.41) is 0. The monoisotopic (exact) mass is 366 g/mol. The molecule has 0 aliphatic heterocycles. The van der Waals surface area contributed by atoms with Crippen LogP contribution in [0, 0.1) is 5.92 Å². The molecule has 132 valence electrons. The van der Waals surface area contributed by atoms with Crippen LogP contribution in [0.15, 0.2) is 15.4 Å². The summed E-state index contributed by atoms with van der Waals surface area (Å²) in [6.07, 6.45) is 3.00. The van der Waals surface area contributed by atoms with E-state index in [2.05, 4.69) is 9.46 Å². The highest BCUT2D eigenvalue weighted by Gasteiger charge is 2.33. The number of ether oxygens (including phenoxy) is 1. The van der Waals surface area contributed by atoms with Crippen molar-refractivity contribution in [2.75, 3.05) is 13.7 Å². The number of halogens is 1. The Labute approximate surface area is 142 Å². The molecule has 0 spiro atoms. The number of aryl methyl sites for hydroxylation is 1. The Morgan fingerprint density at radius 3 is 2.74 bits per heavy atom. The van der Waals surface area contributed by atoms with E-state index in [9.17, 15) is 13.2 Å². The van der Waals surface area contributed by atoms with Crippen LogP contribution in [0.25, 0.3) is 0 Å². The second-order valence-corrected chi connectivity index (χ2v) is 7.08. The molecule has 1 heterocycles. The van der Waals surface area contributed by atoms with Gasteiger partial charge in [0, 0.05) is 18.5 Å². The van der Waals surface area contributed by atoms with E-state index in [1.807, 2.05) is 0 Å². The summed E-state index contributed by atoms with van der Waals surface area (Å²) in [5.41, 5.74) is 5.69. The molecule has 0 saturated heterocycles. The molecule has 2 unspecified atom stereocenters. The van der Waals surface area contributed by atoms with Crippen molar-refractivity contribution in [1.82, 2.24) is 4.72 Å². The quantitative estimate of drug-likeness (QED) is 0.737. The molecule has 23 heavy (non-hydrogen) atoms. The Bertz CT molecular complexity index is 644. The second kappa shape index (κ2) is 8.14. The predicted octanol–water partition coefficient (Wildman–Crippen LogP) is 1.46. The van der Waals surface area contributed by atoms with E-state index in [0.717, 1.165) is 19.3 Å². The molecule has 7 nitrogen and oxygen atoms in total. The van der Waals surface area contributed by atoms with Gasteiger partial charge in [0.15, 0.2) is 0 Å². The van der Waals surface area contributed by atoms with Gasteiger partial charge in [-0.25, -0.2) is 17.9 Å². The Balaban J connectivity index is 0.00000264. The number of nitrogens with two attached hydrogens (primary N) is 1. The van der Waals surface area contributed by atoms with Crippen molar-refractivity contribution in [2.24, 2.45) is 11.7 Å². The average molecular weight is 367 g/mol. The second-order valence-electron chi connectivity index (χ2n) is 5.40. The van der Waals surface area contributed by atoms with E-state index in [-0.39, 0.29) is 40.8 Å². The summed E-state index contributed by atoms with van der Waals surface area (Å²) in [7, 11) is -2.54. The van der Waals surface area contributed by atoms with Gasteiger partial charge < -0.3 is 14.9 Å². The third kappa shape index (κ3) is 4.26. The highest BCUT2D eigenvalue weighted by atomic mass is 35.5. The number of hydrogen-bond donors (Lipinski definition) is 2. The molecule has 0 amide bonds. The molecule has 0 bridgehead atoms. The highest BCUT2D eigenvalue weighted by molar-refractivity contribution is 7.89. The fourth-order valence-electron chi connectivity index (χ4n) is 2.82. The lowest BCUT2D eigenvalue weighted by atomic mass is 10.1. The van der Waals surface area contributed by atoms with Gasteiger partial charge in [0.25, 0.3) is 0 Å². The lowest BCUT2D eigenvalue weighted by Gasteiger charge is -2.19. The van der Waals surface area contributed by atoms with E-state index in [1.165, 1.54) is 13.2 Å². The van der Waals surface area contributed by atoms with E-state index >= 15 is 0 Å². The van der Waals surface area contributed by atoms with Crippen LogP contribution in [0.4, 0.5) is 0 Å². The minimum atomic E-state index is -3.76. The zero-order valence-electron chi connectivity index (χ0n) is 13.2. The Hall–Kier alpha value is -1.09. The first-order valence-electron chi connectivity index (χ1n) is 7.36. The molecular weight excluding hydrogens is 344 g/mol. The van der Waals surface area contributed by atoms with E-state index in [0.29, 0.717) is 13.0 Å². The number of esters is 1. The predicted molar refractivity (Wildman–Crippen MR) is 87.2 cm³/mol. The summed E-state index contributed by atoms with van der Waals surface area (Å²) in [4.78, 5) is 11.5. The van der Waals surface area contributed by atoms with Gasteiger partial charge in [-0.05, 0) is 25.3 Å². The first kappa shape index (κ1) is 20.0. The van der Waals surface area contributed by atoms with Crippen molar-refractivity contribution in [3.8, 4) is 0 Å². The van der Waals surface area contributed by atoms with Crippen molar-refractivity contribution >= 4 is 28.4 Å². The molecule has 1 aliphatic carbocycles. The Kier molecular flexibility index (Phi) is 7.06. The summed E-state index contributed by atoms with van der Waals surface area (Å²) in [5.74, 6) is -0.416. The van der Waals surface area contributed by atoms with E-state index < -0.39 is 16.0 Å². The topological polar surface area (TPSA) is 112 Å². The van der Waals surface area contributed by atoms with Gasteiger partial charge in [0.1, 0.15) is 10.7 Å². The average Bonchev–Trinajstić information content (AvgIpc) is 3.12. The first-order valence-corrected chi connectivity index (χ1v) is 8.84. The van der Waals surface area contributed by atoms with Gasteiger partial charge in [-0.3, -0.25) is 0 Å². The van der Waals surface area contributed by atoms with Crippen molar-refractivity contribution < 1.29 is 22.4 Å². The number of carbonyl (C=O) groups is 1. The standard InChI is InChI=1S/C14H22N2O5S.ClH/c1-3-11-13(7-12(21-11)14(17)20-2)22(18,19)16-10-6-4-5-9(10)8-15;/h7,9-10,16H,3-6,8,15H2,1-2H3;1H. The van der Waals surface area contributed by atoms with Crippen LogP contribution >= 0.6 is 12.4 Å². The summed E-state index contributed by atoms with van der Waals surface area (Å²) < 4.78 is 37.7. The number of rotatable bonds is 6. The Morgan fingerprint density at radius 2 is 2.17 bits per heavy atom. The van der Waals surface area contributed by atoms with Crippen molar-refractivity contribution in [3.05, 3.63) is 17.6 Å². The molecule has 3 N–H and O–H groups in total. The van der Waals surface area contributed by atoms with Crippen molar-refractivity contribution in [2.45, 2.75) is 43.5 Å². The molecule has 1 aromatic rings. The molecule has 1 aromatic heterocycles. The normalized spacial score (nSPS) is 21.0. The molecule has 2 rings (SSSR count). The van der Waals surface area contributed by atoms with Crippen LogP contribution in [0.2, 0.25) is 0 Å². The zero-order valence-corrected chi connectivity index (χ0v) is 14.8. The molecule has 1 aliphatic rings. The van der Waals surface area contributed by atoms with Gasteiger partial charge in [-0.2, -0.15) is 0 Å². The number of sulfonamides is 1. The van der Waals surface area contributed by atoms with Crippen LogP contribution in [-0.4, -0.2) is 34.1 Å². The molecule has 1 fully saturated rings. The molecule has 9 heteroatoms. The zero-order chi connectivity index (χ0) is 16.3. The number of nitrogens with one attached hydrogen (secondary N) is 1. The smallest absolute Gasteiger partial charge is 0.373 e. The van der Waals surface area contributed by atoms with Gasteiger partial charge in [-0.15, -0.1) is 12.4 Å². The number of methoxy groups -OCH3 is 1. The summed E-state index contributed by atoms with van der Waals surface area (Å²) in [6.45, 7) is 2.21. The Morgan fingerprint density at radius 1 is 1.48 bits per heavy atom. The van der Waals surface area contributed by atoms with Crippen LogP contribution < -0.4 is 10.5 Å².